The van der Waals surface area contributed by atoms with Crippen LogP contribution in [-0.4, -0.2) is 35.9 Å². The van der Waals surface area contributed by atoms with Crippen LogP contribution in [0.3, 0.4) is 0 Å². The third-order valence-corrected chi connectivity index (χ3v) is 1.81. The van der Waals surface area contributed by atoms with Gasteiger partial charge in [0.15, 0.2) is 0 Å². The van der Waals surface area contributed by atoms with Crippen molar-refractivity contribution in [1.82, 2.24) is 5.32 Å². The molecule has 1 saturated heterocycles. The van der Waals surface area contributed by atoms with E-state index in [0.29, 0.717) is 6.54 Å². The van der Waals surface area contributed by atoms with E-state index in [9.17, 15) is 4.79 Å². The van der Waals surface area contributed by atoms with E-state index >= 15 is 0 Å². The molecule has 0 spiro atoms. The van der Waals surface area contributed by atoms with Crippen molar-refractivity contribution in [2.24, 2.45) is 0 Å². The van der Waals surface area contributed by atoms with Crippen molar-refractivity contribution < 1.29 is 14.6 Å². The van der Waals surface area contributed by atoms with Gasteiger partial charge in [-0.2, -0.15) is 0 Å². The van der Waals surface area contributed by atoms with Gasteiger partial charge in [0.1, 0.15) is 6.04 Å². The SMILES string of the molecule is C[C@@H]1CNC(C(=O)O)[C@@H](C)O1. The van der Waals surface area contributed by atoms with E-state index in [0.717, 1.165) is 0 Å². The van der Waals surface area contributed by atoms with Crippen molar-refractivity contribution in [1.29, 1.82) is 0 Å². The Balaban J connectivity index is 2.50. The minimum Gasteiger partial charge on any atom is -0.480 e. The number of rotatable bonds is 1. The molecular formula is C7H13NO3. The highest BCUT2D eigenvalue weighted by Gasteiger charge is 2.30. The van der Waals surface area contributed by atoms with Gasteiger partial charge in [-0.25, -0.2) is 0 Å². The summed E-state index contributed by atoms with van der Waals surface area (Å²) in [7, 11) is 0. The number of nitrogens with one attached hydrogen (secondary N) is 1. The summed E-state index contributed by atoms with van der Waals surface area (Å²) in [6, 6.07) is -0.550. The van der Waals surface area contributed by atoms with Crippen LogP contribution in [0.2, 0.25) is 0 Å². The zero-order valence-corrected chi connectivity index (χ0v) is 6.70. The monoisotopic (exact) mass is 159 g/mol. The molecule has 0 aromatic heterocycles. The summed E-state index contributed by atoms with van der Waals surface area (Å²) in [5, 5.41) is 11.5. The molecule has 0 bridgehead atoms. The van der Waals surface area contributed by atoms with Crippen LogP contribution in [0, 0.1) is 0 Å². The van der Waals surface area contributed by atoms with E-state index < -0.39 is 12.0 Å². The van der Waals surface area contributed by atoms with Crippen molar-refractivity contribution in [2.75, 3.05) is 6.54 Å². The summed E-state index contributed by atoms with van der Waals surface area (Å²) in [5.74, 6) is -0.843. The Hall–Kier alpha value is -0.610. The van der Waals surface area contributed by atoms with Crippen LogP contribution in [0.15, 0.2) is 0 Å². The highest BCUT2D eigenvalue weighted by molar-refractivity contribution is 5.74. The third kappa shape index (κ3) is 1.91. The summed E-state index contributed by atoms with van der Waals surface area (Å²) in [6.45, 7) is 4.30. The van der Waals surface area contributed by atoms with Crippen molar-refractivity contribution >= 4 is 5.97 Å². The lowest BCUT2D eigenvalue weighted by Crippen LogP contribution is -2.54. The second-order valence-corrected chi connectivity index (χ2v) is 2.88. The van der Waals surface area contributed by atoms with E-state index in [1.54, 1.807) is 6.92 Å². The minimum atomic E-state index is -0.843. The van der Waals surface area contributed by atoms with Gasteiger partial charge in [-0.3, -0.25) is 10.1 Å². The highest BCUT2D eigenvalue weighted by atomic mass is 16.5. The quantitative estimate of drug-likeness (QED) is 0.558. The fraction of sp³-hybridized carbons (Fsp3) is 0.857. The van der Waals surface area contributed by atoms with Gasteiger partial charge in [0.25, 0.3) is 0 Å². The van der Waals surface area contributed by atoms with Crippen molar-refractivity contribution in [3.05, 3.63) is 0 Å². The Bertz CT molecular complexity index is 160. The van der Waals surface area contributed by atoms with Gasteiger partial charge in [0, 0.05) is 6.54 Å². The standard InChI is InChI=1S/C7H13NO3/c1-4-3-8-6(7(9)10)5(2)11-4/h4-6,8H,3H2,1-2H3,(H,9,10)/t4-,5-,6?/m1/s1. The van der Waals surface area contributed by atoms with Gasteiger partial charge in [-0.1, -0.05) is 0 Å². The first kappa shape index (κ1) is 8.49. The van der Waals surface area contributed by atoms with Crippen LogP contribution in [0.5, 0.6) is 0 Å². The van der Waals surface area contributed by atoms with Crippen molar-refractivity contribution in [3.8, 4) is 0 Å². The molecule has 2 N–H and O–H groups in total. The molecule has 0 amide bonds. The van der Waals surface area contributed by atoms with E-state index in [4.69, 9.17) is 9.84 Å². The van der Waals surface area contributed by atoms with Crippen LogP contribution in [0.4, 0.5) is 0 Å². The first-order valence-electron chi connectivity index (χ1n) is 3.73. The molecule has 1 aliphatic rings. The zero-order chi connectivity index (χ0) is 8.43. The Morgan fingerprint density at radius 2 is 2.27 bits per heavy atom. The Morgan fingerprint density at radius 1 is 1.64 bits per heavy atom. The largest absolute Gasteiger partial charge is 0.480 e. The van der Waals surface area contributed by atoms with Gasteiger partial charge >= 0.3 is 5.97 Å². The molecule has 64 valence electrons. The summed E-state index contributed by atoms with van der Waals surface area (Å²) in [4.78, 5) is 10.5. The average molecular weight is 159 g/mol. The zero-order valence-electron chi connectivity index (χ0n) is 6.70. The fourth-order valence-corrected chi connectivity index (χ4v) is 1.24. The topological polar surface area (TPSA) is 58.6 Å². The van der Waals surface area contributed by atoms with Crippen LogP contribution in [-0.2, 0) is 9.53 Å². The van der Waals surface area contributed by atoms with Gasteiger partial charge in [0.2, 0.25) is 0 Å². The molecule has 0 aromatic carbocycles. The molecule has 1 aliphatic heterocycles. The molecule has 4 heteroatoms. The second-order valence-electron chi connectivity index (χ2n) is 2.88. The number of ether oxygens (including phenoxy) is 1. The molecule has 0 radical (unpaired) electrons. The van der Waals surface area contributed by atoms with Gasteiger partial charge in [0.05, 0.1) is 12.2 Å². The molecule has 1 unspecified atom stereocenters. The predicted molar refractivity (Wildman–Crippen MR) is 39.4 cm³/mol. The molecule has 0 aromatic rings. The van der Waals surface area contributed by atoms with E-state index in [1.807, 2.05) is 6.92 Å². The van der Waals surface area contributed by atoms with Crippen LogP contribution in [0.1, 0.15) is 13.8 Å². The first-order valence-corrected chi connectivity index (χ1v) is 3.73. The van der Waals surface area contributed by atoms with Crippen LogP contribution >= 0.6 is 0 Å². The minimum absolute atomic E-state index is 0.112. The number of morpholine rings is 1. The number of aliphatic carboxylic acids is 1. The Kier molecular flexibility index (Phi) is 2.46. The number of carbonyl (C=O) groups is 1. The highest BCUT2D eigenvalue weighted by Crippen LogP contribution is 2.08. The molecular weight excluding hydrogens is 146 g/mol. The first-order chi connectivity index (χ1) is 5.11. The normalized spacial score (nSPS) is 38.5. The molecule has 1 heterocycles. The van der Waals surface area contributed by atoms with Crippen LogP contribution < -0.4 is 5.32 Å². The molecule has 0 saturated carbocycles. The lowest BCUT2D eigenvalue weighted by molar-refractivity contribution is -0.148. The van der Waals surface area contributed by atoms with E-state index in [2.05, 4.69) is 5.32 Å². The second kappa shape index (κ2) is 3.19. The maximum Gasteiger partial charge on any atom is 0.323 e. The Morgan fingerprint density at radius 3 is 2.73 bits per heavy atom. The van der Waals surface area contributed by atoms with E-state index in [1.165, 1.54) is 0 Å². The number of hydrogen-bond donors (Lipinski definition) is 2. The summed E-state index contributed by atoms with van der Waals surface area (Å²) < 4.78 is 5.32. The fourth-order valence-electron chi connectivity index (χ4n) is 1.24. The summed E-state index contributed by atoms with van der Waals surface area (Å²) >= 11 is 0. The molecule has 11 heavy (non-hydrogen) atoms. The van der Waals surface area contributed by atoms with Gasteiger partial charge < -0.3 is 9.84 Å². The van der Waals surface area contributed by atoms with Crippen LogP contribution in [0.25, 0.3) is 0 Å². The van der Waals surface area contributed by atoms with E-state index in [-0.39, 0.29) is 12.2 Å². The number of hydrogen-bond acceptors (Lipinski definition) is 3. The molecule has 3 atom stereocenters. The molecule has 0 aliphatic carbocycles. The number of carboxylic acid groups (broad SMARTS) is 1. The summed E-state index contributed by atoms with van der Waals surface area (Å²) in [5.41, 5.74) is 0. The smallest absolute Gasteiger partial charge is 0.323 e. The van der Waals surface area contributed by atoms with Gasteiger partial charge in [-0.05, 0) is 13.8 Å². The third-order valence-electron chi connectivity index (χ3n) is 1.81. The lowest BCUT2D eigenvalue weighted by Gasteiger charge is -2.31. The van der Waals surface area contributed by atoms with Crippen molar-refractivity contribution in [2.45, 2.75) is 32.1 Å². The lowest BCUT2D eigenvalue weighted by atomic mass is 10.1. The maximum absolute atomic E-state index is 10.5. The molecule has 4 nitrogen and oxygen atoms in total. The van der Waals surface area contributed by atoms with Gasteiger partial charge in [-0.15, -0.1) is 0 Å². The molecule has 1 fully saturated rings. The maximum atomic E-state index is 10.5. The number of carboxylic acids is 1. The Labute approximate surface area is 65.5 Å². The molecule has 1 rings (SSSR count). The average Bonchev–Trinajstić information content (AvgIpc) is 1.85. The van der Waals surface area contributed by atoms with Crippen molar-refractivity contribution in [3.63, 3.8) is 0 Å². The predicted octanol–water partition coefficient (Wildman–Crippen LogP) is -0.164. The summed E-state index contributed by atoms with van der Waals surface area (Å²) in [6.07, 6.45) is -0.128.